The van der Waals surface area contributed by atoms with Gasteiger partial charge in [0.1, 0.15) is 18.0 Å². The Morgan fingerprint density at radius 2 is 1.76 bits per heavy atom. The number of aromatic nitrogens is 2. The van der Waals surface area contributed by atoms with Gasteiger partial charge in [0, 0.05) is 18.7 Å². The molecule has 1 aromatic heterocycles. The molecule has 21 heavy (non-hydrogen) atoms. The van der Waals surface area contributed by atoms with Gasteiger partial charge in [-0.15, -0.1) is 0 Å². The van der Waals surface area contributed by atoms with Gasteiger partial charge in [-0.1, -0.05) is 20.3 Å². The van der Waals surface area contributed by atoms with E-state index in [-0.39, 0.29) is 5.97 Å². The molecule has 0 fully saturated rings. The van der Waals surface area contributed by atoms with Crippen LogP contribution in [0, 0.1) is 0 Å². The summed E-state index contributed by atoms with van der Waals surface area (Å²) < 4.78 is 4.91. The first-order valence-electron chi connectivity index (χ1n) is 7.70. The highest BCUT2D eigenvalue weighted by molar-refractivity contribution is 5.70. The number of hydrogen-bond acceptors (Lipinski definition) is 6. The van der Waals surface area contributed by atoms with Crippen molar-refractivity contribution in [2.45, 2.75) is 46.5 Å². The molecular weight excluding hydrogens is 268 g/mol. The normalized spacial score (nSPS) is 10.2. The van der Waals surface area contributed by atoms with Gasteiger partial charge in [-0.3, -0.25) is 4.79 Å². The Balaban J connectivity index is 2.68. The molecule has 6 nitrogen and oxygen atoms in total. The molecule has 1 heterocycles. The van der Waals surface area contributed by atoms with E-state index >= 15 is 0 Å². The topological polar surface area (TPSA) is 76.1 Å². The van der Waals surface area contributed by atoms with Crippen molar-refractivity contribution in [1.29, 1.82) is 0 Å². The molecule has 0 amide bonds. The van der Waals surface area contributed by atoms with Crippen molar-refractivity contribution in [1.82, 2.24) is 9.97 Å². The molecule has 0 aliphatic heterocycles. The van der Waals surface area contributed by atoms with Crippen LogP contribution in [0.3, 0.4) is 0 Å². The van der Waals surface area contributed by atoms with Crippen molar-refractivity contribution in [3.05, 3.63) is 11.9 Å². The Morgan fingerprint density at radius 3 is 2.33 bits per heavy atom. The predicted octanol–water partition coefficient (Wildman–Crippen LogP) is 2.62. The minimum absolute atomic E-state index is 0.194. The quantitative estimate of drug-likeness (QED) is 0.646. The average molecular weight is 294 g/mol. The largest absolute Gasteiger partial charge is 0.466 e. The van der Waals surface area contributed by atoms with Gasteiger partial charge in [-0.2, -0.15) is 0 Å². The minimum atomic E-state index is -0.194. The monoisotopic (exact) mass is 294 g/mol. The zero-order valence-corrected chi connectivity index (χ0v) is 13.2. The minimum Gasteiger partial charge on any atom is -0.466 e. The average Bonchev–Trinajstić information content (AvgIpc) is 2.47. The SMILES string of the molecule is CCCNc1ncnc(NCCC(=O)OCC)c1CCC. The van der Waals surface area contributed by atoms with Crippen molar-refractivity contribution in [3.8, 4) is 0 Å². The number of carbonyl (C=O) groups is 1. The third-order valence-corrected chi connectivity index (χ3v) is 2.91. The number of hydrogen-bond donors (Lipinski definition) is 2. The van der Waals surface area contributed by atoms with Crippen LogP contribution in [-0.4, -0.2) is 35.6 Å². The Hall–Kier alpha value is -1.85. The summed E-state index contributed by atoms with van der Waals surface area (Å²) in [6.07, 6.45) is 4.83. The molecule has 1 aromatic rings. The highest BCUT2D eigenvalue weighted by Crippen LogP contribution is 2.21. The van der Waals surface area contributed by atoms with Crippen molar-refractivity contribution < 1.29 is 9.53 Å². The lowest BCUT2D eigenvalue weighted by Crippen LogP contribution is -2.15. The van der Waals surface area contributed by atoms with E-state index < -0.39 is 0 Å². The summed E-state index contributed by atoms with van der Waals surface area (Å²) in [7, 11) is 0. The van der Waals surface area contributed by atoms with Crippen LogP contribution in [0.5, 0.6) is 0 Å². The number of rotatable bonds is 10. The molecule has 0 radical (unpaired) electrons. The van der Waals surface area contributed by atoms with Crippen LogP contribution < -0.4 is 10.6 Å². The standard InChI is InChI=1S/C15H26N4O2/c1-4-7-12-14(16-9-5-2)18-11-19-15(12)17-10-8-13(20)21-6-3/h11H,4-10H2,1-3H3,(H2,16,17,18,19). The first-order valence-corrected chi connectivity index (χ1v) is 7.70. The van der Waals surface area contributed by atoms with E-state index in [0.717, 1.165) is 43.0 Å². The second-order valence-electron chi connectivity index (χ2n) is 4.71. The summed E-state index contributed by atoms with van der Waals surface area (Å²) in [5.74, 6) is 1.49. The summed E-state index contributed by atoms with van der Waals surface area (Å²) >= 11 is 0. The summed E-state index contributed by atoms with van der Waals surface area (Å²) in [6.45, 7) is 7.86. The fourth-order valence-corrected chi connectivity index (χ4v) is 1.96. The van der Waals surface area contributed by atoms with Gasteiger partial charge in [0.15, 0.2) is 0 Å². The van der Waals surface area contributed by atoms with E-state index in [2.05, 4.69) is 34.4 Å². The summed E-state index contributed by atoms with van der Waals surface area (Å²) in [4.78, 5) is 20.0. The van der Waals surface area contributed by atoms with E-state index in [0.29, 0.717) is 19.6 Å². The lowest BCUT2D eigenvalue weighted by molar-refractivity contribution is -0.142. The van der Waals surface area contributed by atoms with Crippen LogP contribution in [0.2, 0.25) is 0 Å². The Kier molecular flexibility index (Phi) is 8.16. The first kappa shape index (κ1) is 17.2. The van der Waals surface area contributed by atoms with Crippen molar-refractivity contribution >= 4 is 17.6 Å². The van der Waals surface area contributed by atoms with Gasteiger partial charge in [-0.05, 0) is 19.8 Å². The second-order valence-corrected chi connectivity index (χ2v) is 4.71. The van der Waals surface area contributed by atoms with Gasteiger partial charge in [0.2, 0.25) is 0 Å². The van der Waals surface area contributed by atoms with Gasteiger partial charge in [0.25, 0.3) is 0 Å². The van der Waals surface area contributed by atoms with Crippen LogP contribution in [0.15, 0.2) is 6.33 Å². The van der Waals surface area contributed by atoms with E-state index in [1.807, 2.05) is 0 Å². The number of nitrogens with zero attached hydrogens (tertiary/aromatic N) is 2. The number of carbonyl (C=O) groups excluding carboxylic acids is 1. The maximum Gasteiger partial charge on any atom is 0.307 e. The number of anilines is 2. The van der Waals surface area contributed by atoms with Crippen LogP contribution in [0.25, 0.3) is 0 Å². The molecule has 0 atom stereocenters. The molecule has 0 aliphatic rings. The fraction of sp³-hybridized carbons (Fsp3) is 0.667. The van der Waals surface area contributed by atoms with Crippen molar-refractivity contribution in [2.24, 2.45) is 0 Å². The Labute approximate surface area is 126 Å². The van der Waals surface area contributed by atoms with Gasteiger partial charge in [0.05, 0.1) is 13.0 Å². The number of nitrogens with one attached hydrogen (secondary N) is 2. The van der Waals surface area contributed by atoms with E-state index in [9.17, 15) is 4.79 Å². The lowest BCUT2D eigenvalue weighted by atomic mass is 10.1. The second kappa shape index (κ2) is 9.96. The number of esters is 1. The molecule has 0 spiro atoms. The maximum absolute atomic E-state index is 11.3. The molecule has 0 unspecified atom stereocenters. The lowest BCUT2D eigenvalue weighted by Gasteiger charge is -2.14. The van der Waals surface area contributed by atoms with E-state index in [4.69, 9.17) is 4.74 Å². The molecule has 0 aromatic carbocycles. The molecule has 118 valence electrons. The fourth-order valence-electron chi connectivity index (χ4n) is 1.96. The predicted molar refractivity (Wildman–Crippen MR) is 84.5 cm³/mol. The molecule has 2 N–H and O–H groups in total. The van der Waals surface area contributed by atoms with Crippen LogP contribution in [-0.2, 0) is 16.0 Å². The van der Waals surface area contributed by atoms with Gasteiger partial charge in [-0.25, -0.2) is 9.97 Å². The highest BCUT2D eigenvalue weighted by atomic mass is 16.5. The maximum atomic E-state index is 11.3. The summed E-state index contributed by atoms with van der Waals surface area (Å²) in [6, 6.07) is 0. The molecular formula is C15H26N4O2. The van der Waals surface area contributed by atoms with Crippen molar-refractivity contribution in [2.75, 3.05) is 30.3 Å². The van der Waals surface area contributed by atoms with Crippen LogP contribution in [0.1, 0.15) is 45.6 Å². The van der Waals surface area contributed by atoms with E-state index in [1.165, 1.54) is 0 Å². The zero-order valence-electron chi connectivity index (χ0n) is 13.2. The number of ether oxygens (including phenoxy) is 1. The first-order chi connectivity index (χ1) is 10.2. The van der Waals surface area contributed by atoms with Crippen LogP contribution >= 0.6 is 0 Å². The van der Waals surface area contributed by atoms with Crippen molar-refractivity contribution in [3.63, 3.8) is 0 Å². The van der Waals surface area contributed by atoms with Gasteiger partial charge >= 0.3 is 5.97 Å². The zero-order chi connectivity index (χ0) is 15.5. The highest BCUT2D eigenvalue weighted by Gasteiger charge is 2.11. The third kappa shape index (κ3) is 5.97. The molecule has 0 saturated carbocycles. The molecule has 1 rings (SSSR count). The van der Waals surface area contributed by atoms with Crippen LogP contribution in [0.4, 0.5) is 11.6 Å². The van der Waals surface area contributed by atoms with E-state index in [1.54, 1.807) is 13.3 Å². The summed E-state index contributed by atoms with van der Waals surface area (Å²) in [5, 5.41) is 6.54. The Morgan fingerprint density at radius 1 is 1.10 bits per heavy atom. The summed E-state index contributed by atoms with van der Waals surface area (Å²) in [5.41, 5.74) is 1.08. The molecule has 0 bridgehead atoms. The molecule has 0 saturated heterocycles. The molecule has 6 heteroatoms. The molecule has 0 aliphatic carbocycles. The third-order valence-electron chi connectivity index (χ3n) is 2.91. The Bertz CT molecular complexity index is 438. The van der Waals surface area contributed by atoms with Gasteiger partial charge < -0.3 is 15.4 Å². The smallest absolute Gasteiger partial charge is 0.307 e.